The third-order valence-electron chi connectivity index (χ3n) is 2.91. The van der Waals surface area contributed by atoms with Gasteiger partial charge in [-0.25, -0.2) is 13.1 Å². The molecule has 1 aromatic carbocycles. The van der Waals surface area contributed by atoms with E-state index in [1.165, 1.54) is 4.88 Å². The van der Waals surface area contributed by atoms with E-state index < -0.39 is 10.0 Å². The zero-order chi connectivity index (χ0) is 14.8. The number of thiophene rings is 1. The van der Waals surface area contributed by atoms with Crippen LogP contribution in [0.25, 0.3) is 0 Å². The second-order valence-corrected chi connectivity index (χ2v) is 7.61. The number of hydrogen-bond donors (Lipinski definition) is 1. The van der Waals surface area contributed by atoms with E-state index in [1.54, 1.807) is 36.6 Å². The first kappa shape index (κ1) is 15.0. The first-order valence-corrected chi connectivity index (χ1v) is 8.42. The Morgan fingerprint density at radius 1 is 1.20 bits per heavy atom. The van der Waals surface area contributed by atoms with Gasteiger partial charge in [-0.3, -0.25) is 0 Å². The third kappa shape index (κ3) is 3.39. The maximum Gasteiger partial charge on any atom is 0.240 e. The summed E-state index contributed by atoms with van der Waals surface area (Å²) in [6.45, 7) is 4.13. The number of benzene rings is 1. The number of nitrogens with one attached hydrogen (secondary N) is 1. The monoisotopic (exact) mass is 311 g/mol. The van der Waals surface area contributed by atoms with Crippen molar-refractivity contribution >= 4 is 21.4 Å². The summed E-state index contributed by atoms with van der Waals surface area (Å²) in [6.07, 6.45) is 0. The Morgan fingerprint density at radius 3 is 2.50 bits per heavy atom. The van der Waals surface area contributed by atoms with Crippen LogP contribution in [0.3, 0.4) is 0 Å². The summed E-state index contributed by atoms with van der Waals surface area (Å²) in [5, 5.41) is 0. The smallest absolute Gasteiger partial charge is 0.240 e. The van der Waals surface area contributed by atoms with E-state index in [1.807, 2.05) is 26.0 Å². The van der Waals surface area contributed by atoms with Crippen LogP contribution >= 0.6 is 11.3 Å². The number of hydrogen-bond acceptors (Lipinski definition) is 4. The van der Waals surface area contributed by atoms with Crippen LogP contribution in [0, 0.1) is 13.8 Å². The van der Waals surface area contributed by atoms with Crippen LogP contribution in [0.1, 0.15) is 15.3 Å². The molecule has 0 aliphatic carbocycles. The van der Waals surface area contributed by atoms with Gasteiger partial charge in [-0.15, -0.1) is 11.3 Å². The molecular formula is C14H17NO3S2. The van der Waals surface area contributed by atoms with E-state index in [0.29, 0.717) is 12.3 Å². The Hall–Kier alpha value is -1.37. The molecule has 0 saturated carbocycles. The fourth-order valence-electron chi connectivity index (χ4n) is 1.85. The van der Waals surface area contributed by atoms with Gasteiger partial charge in [-0.05, 0) is 49.7 Å². The lowest BCUT2D eigenvalue weighted by molar-refractivity contribution is 0.411. The molecule has 0 saturated heterocycles. The largest absolute Gasteiger partial charge is 0.496 e. The van der Waals surface area contributed by atoms with Gasteiger partial charge in [0.05, 0.1) is 12.0 Å². The third-order valence-corrected chi connectivity index (χ3v) is 5.31. The molecule has 0 unspecified atom stereocenters. The minimum Gasteiger partial charge on any atom is -0.496 e. The van der Waals surface area contributed by atoms with Crippen molar-refractivity contribution in [3.8, 4) is 5.75 Å². The van der Waals surface area contributed by atoms with Crippen LogP contribution in [0.2, 0.25) is 0 Å². The van der Waals surface area contributed by atoms with E-state index in [4.69, 9.17) is 4.74 Å². The molecule has 2 rings (SSSR count). The number of ether oxygens (including phenoxy) is 1. The first-order chi connectivity index (χ1) is 9.42. The van der Waals surface area contributed by atoms with E-state index in [2.05, 4.69) is 4.72 Å². The summed E-state index contributed by atoms with van der Waals surface area (Å²) in [6, 6.07) is 8.74. The van der Waals surface area contributed by atoms with Gasteiger partial charge in [-0.1, -0.05) is 0 Å². The second-order valence-electron chi connectivity index (χ2n) is 4.47. The molecule has 4 nitrogen and oxygen atoms in total. The zero-order valence-electron chi connectivity index (χ0n) is 11.6. The molecule has 0 spiro atoms. The van der Waals surface area contributed by atoms with Crippen LogP contribution in [0.4, 0.5) is 0 Å². The Balaban J connectivity index is 2.15. The summed E-state index contributed by atoms with van der Waals surface area (Å²) in [4.78, 5) is 2.42. The molecule has 0 bridgehead atoms. The van der Waals surface area contributed by atoms with Crippen molar-refractivity contribution in [3.63, 3.8) is 0 Å². The molecule has 1 aromatic heterocycles. The maximum atomic E-state index is 12.2. The minimum absolute atomic E-state index is 0.254. The average Bonchev–Trinajstić information content (AvgIpc) is 2.82. The summed E-state index contributed by atoms with van der Waals surface area (Å²) >= 11 is 1.59. The van der Waals surface area contributed by atoms with E-state index >= 15 is 0 Å². The van der Waals surface area contributed by atoms with Crippen molar-refractivity contribution in [2.75, 3.05) is 7.11 Å². The van der Waals surface area contributed by atoms with E-state index in [0.717, 1.165) is 10.4 Å². The van der Waals surface area contributed by atoms with Crippen molar-refractivity contribution in [1.29, 1.82) is 0 Å². The van der Waals surface area contributed by atoms with Crippen LogP contribution in [0.5, 0.6) is 5.75 Å². The minimum atomic E-state index is -3.50. The molecule has 0 amide bonds. The summed E-state index contributed by atoms with van der Waals surface area (Å²) in [7, 11) is -1.93. The molecule has 0 aliphatic heterocycles. The molecule has 0 fully saturated rings. The number of sulfonamides is 1. The predicted molar refractivity (Wildman–Crippen MR) is 80.8 cm³/mol. The quantitative estimate of drug-likeness (QED) is 0.924. The maximum absolute atomic E-state index is 12.2. The molecule has 0 radical (unpaired) electrons. The second kappa shape index (κ2) is 5.95. The van der Waals surface area contributed by atoms with Crippen LogP contribution in [-0.4, -0.2) is 15.5 Å². The zero-order valence-corrected chi connectivity index (χ0v) is 13.3. The average molecular weight is 311 g/mol. The fraction of sp³-hybridized carbons (Fsp3) is 0.286. The van der Waals surface area contributed by atoms with Crippen LogP contribution < -0.4 is 9.46 Å². The highest BCUT2D eigenvalue weighted by Gasteiger charge is 2.15. The molecule has 1 heterocycles. The number of aryl methyl sites for hydroxylation is 2. The lowest BCUT2D eigenvalue weighted by Crippen LogP contribution is -2.22. The lowest BCUT2D eigenvalue weighted by atomic mass is 10.2. The van der Waals surface area contributed by atoms with Gasteiger partial charge in [0.15, 0.2) is 0 Å². The van der Waals surface area contributed by atoms with Gasteiger partial charge in [0.1, 0.15) is 5.75 Å². The van der Waals surface area contributed by atoms with Crippen molar-refractivity contribution in [3.05, 3.63) is 45.6 Å². The molecular weight excluding hydrogens is 294 g/mol. The van der Waals surface area contributed by atoms with Gasteiger partial charge in [0.2, 0.25) is 10.0 Å². The number of rotatable bonds is 5. The highest BCUT2D eigenvalue weighted by molar-refractivity contribution is 7.89. The highest BCUT2D eigenvalue weighted by atomic mass is 32.2. The summed E-state index contributed by atoms with van der Waals surface area (Å²) in [5.41, 5.74) is 0.794. The SMILES string of the molecule is COc1ccc(S(=O)(=O)NCc2ccc(C)s2)cc1C. The van der Waals surface area contributed by atoms with Crippen molar-refractivity contribution in [1.82, 2.24) is 4.72 Å². The number of methoxy groups -OCH3 is 1. The van der Waals surface area contributed by atoms with Gasteiger partial charge in [-0.2, -0.15) is 0 Å². The van der Waals surface area contributed by atoms with Crippen molar-refractivity contribution < 1.29 is 13.2 Å². The molecule has 1 N–H and O–H groups in total. The van der Waals surface area contributed by atoms with Crippen molar-refractivity contribution in [2.24, 2.45) is 0 Å². The van der Waals surface area contributed by atoms with Crippen molar-refractivity contribution in [2.45, 2.75) is 25.3 Å². The van der Waals surface area contributed by atoms with Gasteiger partial charge in [0.25, 0.3) is 0 Å². The van der Waals surface area contributed by atoms with Gasteiger partial charge < -0.3 is 4.74 Å². The molecule has 0 atom stereocenters. The van der Waals surface area contributed by atoms with Gasteiger partial charge >= 0.3 is 0 Å². The first-order valence-electron chi connectivity index (χ1n) is 6.12. The molecule has 0 aliphatic rings. The normalized spacial score (nSPS) is 11.6. The molecule has 108 valence electrons. The standard InChI is InChI=1S/C14H17NO3S2/c1-10-8-13(6-7-14(10)18-3)20(16,17)15-9-12-5-4-11(2)19-12/h4-8,15H,9H2,1-3H3. The fourth-order valence-corrected chi connectivity index (χ4v) is 3.86. The molecule has 20 heavy (non-hydrogen) atoms. The van der Waals surface area contributed by atoms with Crippen LogP contribution in [-0.2, 0) is 16.6 Å². The van der Waals surface area contributed by atoms with E-state index in [9.17, 15) is 8.42 Å². The Bertz CT molecular complexity index is 705. The highest BCUT2D eigenvalue weighted by Crippen LogP contribution is 2.22. The Kier molecular flexibility index (Phi) is 4.47. The van der Waals surface area contributed by atoms with Gasteiger partial charge in [0, 0.05) is 16.3 Å². The Labute approximate surface area is 123 Å². The topological polar surface area (TPSA) is 55.4 Å². The summed E-state index contributed by atoms with van der Waals surface area (Å²) in [5.74, 6) is 0.679. The van der Waals surface area contributed by atoms with Crippen LogP contribution in [0.15, 0.2) is 35.2 Å². The van der Waals surface area contributed by atoms with E-state index in [-0.39, 0.29) is 4.90 Å². The predicted octanol–water partition coefficient (Wildman–Crippen LogP) is 2.85. The Morgan fingerprint density at radius 2 is 1.95 bits per heavy atom. The molecule has 2 aromatic rings. The lowest BCUT2D eigenvalue weighted by Gasteiger charge is -2.09. The molecule has 6 heteroatoms. The summed E-state index contributed by atoms with van der Waals surface area (Å²) < 4.78 is 32.2.